The van der Waals surface area contributed by atoms with E-state index in [1.165, 1.54) is 24.3 Å². The van der Waals surface area contributed by atoms with Crippen molar-refractivity contribution < 1.29 is 21.5 Å². The first-order chi connectivity index (χ1) is 8.26. The standard InChI is InChI=1S/C10H8F2N2O3S/c1-18(15,16)17-14-9(10(11,12)7-13)8-5-3-2-4-6-8/h2-6H,1H3. The molecule has 8 heteroatoms. The van der Waals surface area contributed by atoms with Gasteiger partial charge in [-0.25, -0.2) is 0 Å². The van der Waals surface area contributed by atoms with Crippen molar-refractivity contribution in [2.75, 3.05) is 6.26 Å². The number of oxime groups is 1. The van der Waals surface area contributed by atoms with Crippen molar-refractivity contribution >= 4 is 15.8 Å². The van der Waals surface area contributed by atoms with Crippen LogP contribution in [0, 0.1) is 11.3 Å². The molecule has 0 saturated carbocycles. The van der Waals surface area contributed by atoms with E-state index in [2.05, 4.69) is 9.44 Å². The van der Waals surface area contributed by atoms with Crippen LogP contribution in [0.1, 0.15) is 5.56 Å². The fourth-order valence-corrected chi connectivity index (χ4v) is 1.26. The smallest absolute Gasteiger partial charge is 0.268 e. The molecule has 0 heterocycles. The molecular formula is C10H8F2N2O3S. The van der Waals surface area contributed by atoms with Crippen LogP contribution in [0.5, 0.6) is 0 Å². The van der Waals surface area contributed by atoms with Crippen molar-refractivity contribution in [3.8, 4) is 6.07 Å². The molecule has 0 spiro atoms. The van der Waals surface area contributed by atoms with Crippen LogP contribution >= 0.6 is 0 Å². The number of hydrogen-bond acceptors (Lipinski definition) is 5. The van der Waals surface area contributed by atoms with Gasteiger partial charge in [0.05, 0.1) is 6.26 Å². The lowest BCUT2D eigenvalue weighted by atomic mass is 10.1. The third-order valence-corrected chi connectivity index (χ3v) is 2.09. The summed E-state index contributed by atoms with van der Waals surface area (Å²) < 4.78 is 52.0. The molecule has 0 aliphatic rings. The number of hydrogen-bond donors (Lipinski definition) is 0. The van der Waals surface area contributed by atoms with Crippen LogP contribution in [0.25, 0.3) is 0 Å². The molecule has 0 aromatic heterocycles. The Balaban J connectivity index is 3.26. The van der Waals surface area contributed by atoms with E-state index in [-0.39, 0.29) is 5.56 Å². The Hall–Kier alpha value is -2.01. The zero-order valence-electron chi connectivity index (χ0n) is 9.17. The molecule has 0 fully saturated rings. The van der Waals surface area contributed by atoms with E-state index < -0.39 is 21.8 Å². The maximum atomic E-state index is 13.3. The maximum Gasteiger partial charge on any atom is 0.377 e. The monoisotopic (exact) mass is 274 g/mol. The number of halogens is 2. The van der Waals surface area contributed by atoms with E-state index in [1.54, 1.807) is 6.07 Å². The Morgan fingerprint density at radius 1 is 1.39 bits per heavy atom. The minimum Gasteiger partial charge on any atom is -0.268 e. The topological polar surface area (TPSA) is 79.5 Å². The minimum atomic E-state index is -4.03. The number of nitrogens with zero attached hydrogens (tertiary/aromatic N) is 2. The van der Waals surface area contributed by atoms with Gasteiger partial charge in [0.25, 0.3) is 0 Å². The molecule has 96 valence electrons. The predicted molar refractivity (Wildman–Crippen MR) is 59.5 cm³/mol. The maximum absolute atomic E-state index is 13.3. The molecule has 0 amide bonds. The van der Waals surface area contributed by atoms with E-state index in [1.807, 2.05) is 0 Å². The van der Waals surface area contributed by atoms with Gasteiger partial charge in [-0.1, -0.05) is 35.5 Å². The second-order valence-corrected chi connectivity index (χ2v) is 4.83. The van der Waals surface area contributed by atoms with Gasteiger partial charge in [0, 0.05) is 5.56 Å². The van der Waals surface area contributed by atoms with Crippen molar-refractivity contribution in [1.29, 1.82) is 5.26 Å². The SMILES string of the molecule is CS(=O)(=O)ON=C(c1ccccc1)C(F)(F)C#N. The van der Waals surface area contributed by atoms with Gasteiger partial charge in [0.15, 0.2) is 5.71 Å². The zero-order chi connectivity index (χ0) is 13.8. The summed E-state index contributed by atoms with van der Waals surface area (Å²) in [6.45, 7) is 0. The van der Waals surface area contributed by atoms with Crippen LogP contribution in [-0.4, -0.2) is 26.3 Å². The van der Waals surface area contributed by atoms with Crippen molar-refractivity contribution in [2.45, 2.75) is 5.92 Å². The van der Waals surface area contributed by atoms with Crippen LogP contribution in [-0.2, 0) is 14.4 Å². The second kappa shape index (κ2) is 5.10. The Morgan fingerprint density at radius 3 is 2.39 bits per heavy atom. The van der Waals surface area contributed by atoms with Gasteiger partial charge in [0.2, 0.25) is 0 Å². The van der Waals surface area contributed by atoms with E-state index in [0.29, 0.717) is 6.26 Å². The Labute approximate surface area is 102 Å². The van der Waals surface area contributed by atoms with Gasteiger partial charge in [-0.2, -0.15) is 22.5 Å². The molecule has 0 unspecified atom stereocenters. The summed E-state index contributed by atoms with van der Waals surface area (Å²) in [4.78, 5) is 0. The summed E-state index contributed by atoms with van der Waals surface area (Å²) in [7, 11) is -4.03. The normalized spacial score (nSPS) is 12.9. The lowest BCUT2D eigenvalue weighted by Gasteiger charge is -2.10. The van der Waals surface area contributed by atoms with Gasteiger partial charge in [-0.05, 0) is 0 Å². The molecular weight excluding hydrogens is 266 g/mol. The molecule has 5 nitrogen and oxygen atoms in total. The first-order valence-electron chi connectivity index (χ1n) is 4.58. The van der Waals surface area contributed by atoms with Crippen molar-refractivity contribution in [3.05, 3.63) is 35.9 Å². The fraction of sp³-hybridized carbons (Fsp3) is 0.200. The predicted octanol–water partition coefficient (Wildman–Crippen LogP) is 1.53. The molecule has 0 saturated heterocycles. The summed E-state index contributed by atoms with van der Waals surface area (Å²) in [6.07, 6.45) is 0.656. The van der Waals surface area contributed by atoms with Crippen molar-refractivity contribution in [3.63, 3.8) is 0 Å². The van der Waals surface area contributed by atoms with Gasteiger partial charge in [-0.3, -0.25) is 4.28 Å². The van der Waals surface area contributed by atoms with Gasteiger partial charge in [0.1, 0.15) is 6.07 Å². The first kappa shape index (κ1) is 14.1. The average molecular weight is 274 g/mol. The second-order valence-electron chi connectivity index (χ2n) is 3.27. The van der Waals surface area contributed by atoms with E-state index >= 15 is 0 Å². The molecule has 0 radical (unpaired) electrons. The molecule has 0 atom stereocenters. The van der Waals surface area contributed by atoms with Gasteiger partial charge in [-0.15, -0.1) is 0 Å². The summed E-state index contributed by atoms with van der Waals surface area (Å²) in [5.74, 6) is -3.95. The molecule has 18 heavy (non-hydrogen) atoms. The van der Waals surface area contributed by atoms with Crippen LogP contribution < -0.4 is 0 Å². The number of nitriles is 1. The third-order valence-electron chi connectivity index (χ3n) is 1.75. The minimum absolute atomic E-state index is 0.104. The van der Waals surface area contributed by atoms with Crippen molar-refractivity contribution in [2.24, 2.45) is 5.16 Å². The largest absolute Gasteiger partial charge is 0.377 e. The summed E-state index contributed by atoms with van der Waals surface area (Å²) in [6, 6.07) is 7.72. The number of rotatable bonds is 4. The quantitative estimate of drug-likeness (QED) is 0.616. The Morgan fingerprint density at radius 2 is 1.94 bits per heavy atom. The summed E-state index contributed by atoms with van der Waals surface area (Å²) >= 11 is 0. The van der Waals surface area contributed by atoms with Crippen LogP contribution in [0.15, 0.2) is 35.5 Å². The fourth-order valence-electron chi connectivity index (χ4n) is 1.05. The molecule has 0 aliphatic heterocycles. The molecule has 0 bridgehead atoms. The first-order valence-corrected chi connectivity index (χ1v) is 6.39. The van der Waals surface area contributed by atoms with E-state index in [9.17, 15) is 17.2 Å². The highest BCUT2D eigenvalue weighted by Gasteiger charge is 2.38. The number of benzene rings is 1. The third kappa shape index (κ3) is 3.78. The summed E-state index contributed by atoms with van der Waals surface area (Å²) in [5.41, 5.74) is -1.16. The van der Waals surface area contributed by atoms with Crippen LogP contribution in [0.2, 0.25) is 0 Å². The molecule has 1 rings (SSSR count). The Bertz CT molecular complexity index is 591. The number of alkyl halides is 2. The van der Waals surface area contributed by atoms with Crippen LogP contribution in [0.4, 0.5) is 8.78 Å². The molecule has 1 aromatic rings. The highest BCUT2D eigenvalue weighted by molar-refractivity contribution is 7.85. The average Bonchev–Trinajstić information content (AvgIpc) is 2.29. The van der Waals surface area contributed by atoms with E-state index in [4.69, 9.17) is 5.26 Å². The van der Waals surface area contributed by atoms with Gasteiger partial charge < -0.3 is 0 Å². The van der Waals surface area contributed by atoms with Crippen molar-refractivity contribution in [1.82, 2.24) is 0 Å². The highest BCUT2D eigenvalue weighted by atomic mass is 32.2. The molecule has 0 N–H and O–H groups in total. The highest BCUT2D eigenvalue weighted by Crippen LogP contribution is 2.20. The lowest BCUT2D eigenvalue weighted by molar-refractivity contribution is 0.139. The molecule has 1 aromatic carbocycles. The van der Waals surface area contributed by atoms with E-state index in [0.717, 1.165) is 6.07 Å². The van der Waals surface area contributed by atoms with Gasteiger partial charge >= 0.3 is 16.0 Å². The zero-order valence-corrected chi connectivity index (χ0v) is 9.99. The lowest BCUT2D eigenvalue weighted by Crippen LogP contribution is -2.28. The molecule has 0 aliphatic carbocycles. The Kier molecular flexibility index (Phi) is 3.98. The summed E-state index contributed by atoms with van der Waals surface area (Å²) in [5, 5.41) is 11.2. The van der Waals surface area contributed by atoms with Crippen LogP contribution in [0.3, 0.4) is 0 Å².